The van der Waals surface area contributed by atoms with Crippen LogP contribution in [0.1, 0.15) is 18.5 Å². The summed E-state index contributed by atoms with van der Waals surface area (Å²) in [5.74, 6) is -0.135. The van der Waals surface area contributed by atoms with Crippen molar-refractivity contribution < 1.29 is 9.59 Å². The van der Waals surface area contributed by atoms with Crippen LogP contribution in [0.2, 0.25) is 0 Å². The van der Waals surface area contributed by atoms with Crippen LogP contribution in [0.25, 0.3) is 0 Å². The van der Waals surface area contributed by atoms with E-state index in [0.29, 0.717) is 19.6 Å². The minimum atomic E-state index is -0.135. The summed E-state index contributed by atoms with van der Waals surface area (Å²) in [5.41, 5.74) is 1.09. The first-order valence-corrected chi connectivity index (χ1v) is 6.75. The second-order valence-corrected chi connectivity index (χ2v) is 5.28. The van der Waals surface area contributed by atoms with Gasteiger partial charge in [-0.1, -0.05) is 0 Å². The molecule has 1 aliphatic heterocycles. The zero-order chi connectivity index (χ0) is 14.7. The Hall–Kier alpha value is -2.05. The van der Waals surface area contributed by atoms with Gasteiger partial charge in [-0.05, 0) is 19.4 Å². The summed E-state index contributed by atoms with van der Waals surface area (Å²) < 4.78 is 1.82. The van der Waals surface area contributed by atoms with E-state index in [1.165, 1.54) is 0 Å². The highest BCUT2D eigenvalue weighted by Gasteiger charge is 2.26. The van der Waals surface area contributed by atoms with Crippen molar-refractivity contribution >= 4 is 11.9 Å². The first-order chi connectivity index (χ1) is 9.47. The van der Waals surface area contributed by atoms with Crippen molar-refractivity contribution in [3.8, 4) is 0 Å². The molecule has 1 fully saturated rings. The van der Waals surface area contributed by atoms with Gasteiger partial charge < -0.3 is 15.1 Å². The Morgan fingerprint density at radius 1 is 1.50 bits per heavy atom. The van der Waals surface area contributed by atoms with E-state index in [4.69, 9.17) is 0 Å². The Kier molecular flexibility index (Phi) is 4.26. The molecule has 0 bridgehead atoms. The smallest absolute Gasteiger partial charge is 0.320 e. The molecular weight excluding hydrogens is 258 g/mol. The number of carbonyl (C=O) groups is 2. The van der Waals surface area contributed by atoms with Crippen LogP contribution in [0, 0.1) is 6.92 Å². The molecule has 7 nitrogen and oxygen atoms in total. The molecule has 0 saturated carbocycles. The van der Waals surface area contributed by atoms with E-state index in [0.717, 1.165) is 5.56 Å². The molecule has 1 saturated heterocycles. The van der Waals surface area contributed by atoms with Crippen molar-refractivity contribution in [2.24, 2.45) is 0 Å². The molecule has 20 heavy (non-hydrogen) atoms. The highest BCUT2D eigenvalue weighted by molar-refractivity contribution is 5.84. The molecule has 1 aliphatic rings. The third-order valence-electron chi connectivity index (χ3n) is 3.41. The van der Waals surface area contributed by atoms with Gasteiger partial charge in [0.25, 0.3) is 0 Å². The Labute approximate surface area is 118 Å². The predicted molar refractivity (Wildman–Crippen MR) is 74.3 cm³/mol. The van der Waals surface area contributed by atoms with E-state index >= 15 is 0 Å². The number of nitrogens with one attached hydrogen (secondary N) is 1. The molecule has 2 rings (SSSR count). The number of carbonyl (C=O) groups excluding carboxylic acids is 2. The van der Waals surface area contributed by atoms with Crippen LogP contribution in [0.5, 0.6) is 0 Å². The van der Waals surface area contributed by atoms with Crippen LogP contribution >= 0.6 is 0 Å². The number of aromatic nitrogens is 2. The second kappa shape index (κ2) is 5.94. The third-order valence-corrected chi connectivity index (χ3v) is 3.41. The largest absolute Gasteiger partial charge is 0.352 e. The number of aryl methyl sites for hydroxylation is 1. The number of hydrogen-bond donors (Lipinski definition) is 1. The van der Waals surface area contributed by atoms with Gasteiger partial charge in [0.2, 0.25) is 5.91 Å². The Morgan fingerprint density at radius 2 is 2.25 bits per heavy atom. The number of amides is 3. The normalized spacial score (nSPS) is 16.6. The first-order valence-electron chi connectivity index (χ1n) is 6.75. The van der Waals surface area contributed by atoms with Crippen molar-refractivity contribution in [2.45, 2.75) is 19.9 Å². The quantitative estimate of drug-likeness (QED) is 0.839. The second-order valence-electron chi connectivity index (χ2n) is 5.28. The highest BCUT2D eigenvalue weighted by atomic mass is 16.2. The van der Waals surface area contributed by atoms with E-state index in [2.05, 4.69) is 10.4 Å². The van der Waals surface area contributed by atoms with Gasteiger partial charge in [0.05, 0.1) is 12.2 Å². The standard InChI is InChI=1S/C13H21N5O2/c1-10-6-15-18(8-10)11(2)7-14-12(19)9-17-5-4-16(3)13(17)20/h6,8,11H,4-5,7,9H2,1-3H3,(H,14,19)/t11-/m1/s1. The first kappa shape index (κ1) is 14.4. The average molecular weight is 279 g/mol. The number of nitrogens with zero attached hydrogens (tertiary/aromatic N) is 4. The van der Waals surface area contributed by atoms with Crippen molar-refractivity contribution in [1.82, 2.24) is 24.9 Å². The van der Waals surface area contributed by atoms with Crippen LogP contribution in [0.15, 0.2) is 12.4 Å². The molecule has 0 spiro atoms. The molecule has 1 aromatic heterocycles. The summed E-state index contributed by atoms with van der Waals surface area (Å²) in [6, 6.07) is 0.000465. The van der Waals surface area contributed by atoms with E-state index in [9.17, 15) is 9.59 Å². The van der Waals surface area contributed by atoms with Crippen molar-refractivity contribution in [1.29, 1.82) is 0 Å². The monoisotopic (exact) mass is 279 g/mol. The van der Waals surface area contributed by atoms with Crippen LogP contribution < -0.4 is 5.32 Å². The summed E-state index contributed by atoms with van der Waals surface area (Å²) in [5, 5.41) is 7.05. The maximum atomic E-state index is 11.8. The molecule has 0 aliphatic carbocycles. The van der Waals surface area contributed by atoms with Crippen molar-refractivity contribution in [3.05, 3.63) is 18.0 Å². The lowest BCUT2D eigenvalue weighted by Crippen LogP contribution is -2.40. The SMILES string of the molecule is Cc1cnn([C@H](C)CNC(=O)CN2CCN(C)C2=O)c1. The summed E-state index contributed by atoms with van der Waals surface area (Å²) >= 11 is 0. The Balaban J connectivity index is 1.76. The van der Waals surface area contributed by atoms with E-state index in [-0.39, 0.29) is 24.5 Å². The topological polar surface area (TPSA) is 70.5 Å². The van der Waals surface area contributed by atoms with Crippen LogP contribution in [-0.4, -0.2) is 64.7 Å². The summed E-state index contributed by atoms with van der Waals surface area (Å²) in [7, 11) is 1.74. The van der Waals surface area contributed by atoms with Gasteiger partial charge in [0.15, 0.2) is 0 Å². The zero-order valence-corrected chi connectivity index (χ0v) is 12.2. The molecule has 1 N–H and O–H groups in total. The van der Waals surface area contributed by atoms with Gasteiger partial charge in [-0.2, -0.15) is 5.10 Å². The van der Waals surface area contributed by atoms with Gasteiger partial charge in [-0.3, -0.25) is 9.48 Å². The molecule has 1 atom stereocenters. The van der Waals surface area contributed by atoms with Crippen molar-refractivity contribution in [3.63, 3.8) is 0 Å². The lowest BCUT2D eigenvalue weighted by atomic mass is 10.3. The molecule has 2 heterocycles. The number of hydrogen-bond acceptors (Lipinski definition) is 3. The lowest BCUT2D eigenvalue weighted by Gasteiger charge is -2.17. The van der Waals surface area contributed by atoms with E-state index in [1.54, 1.807) is 23.0 Å². The molecule has 3 amide bonds. The molecule has 7 heteroatoms. The molecule has 0 radical (unpaired) electrons. The summed E-state index contributed by atoms with van der Waals surface area (Å²) in [4.78, 5) is 26.7. The molecule has 0 unspecified atom stereocenters. The molecule has 110 valence electrons. The van der Waals surface area contributed by atoms with Crippen molar-refractivity contribution in [2.75, 3.05) is 33.2 Å². The number of urea groups is 1. The zero-order valence-electron chi connectivity index (χ0n) is 12.2. The van der Waals surface area contributed by atoms with E-state index in [1.807, 2.05) is 24.7 Å². The van der Waals surface area contributed by atoms with Crippen LogP contribution in [0.3, 0.4) is 0 Å². The summed E-state index contributed by atoms with van der Waals surface area (Å²) in [6.45, 7) is 5.86. The molecule has 1 aromatic rings. The van der Waals surface area contributed by atoms with Gasteiger partial charge in [0.1, 0.15) is 6.54 Å². The maximum absolute atomic E-state index is 11.8. The van der Waals surface area contributed by atoms with Gasteiger partial charge in [0, 0.05) is 32.9 Å². The fourth-order valence-corrected chi connectivity index (χ4v) is 2.11. The molecule has 0 aromatic carbocycles. The minimum Gasteiger partial charge on any atom is -0.352 e. The van der Waals surface area contributed by atoms with Crippen LogP contribution in [-0.2, 0) is 4.79 Å². The fourth-order valence-electron chi connectivity index (χ4n) is 2.11. The number of rotatable bonds is 5. The van der Waals surface area contributed by atoms with Gasteiger partial charge in [-0.15, -0.1) is 0 Å². The average Bonchev–Trinajstić information content (AvgIpc) is 2.97. The minimum absolute atomic E-state index is 0.0871. The summed E-state index contributed by atoms with van der Waals surface area (Å²) in [6.07, 6.45) is 3.73. The van der Waals surface area contributed by atoms with Gasteiger partial charge >= 0.3 is 6.03 Å². The fraction of sp³-hybridized carbons (Fsp3) is 0.615. The lowest BCUT2D eigenvalue weighted by molar-refractivity contribution is -0.121. The van der Waals surface area contributed by atoms with E-state index < -0.39 is 0 Å². The van der Waals surface area contributed by atoms with Crippen LogP contribution in [0.4, 0.5) is 4.79 Å². The Bertz CT molecular complexity index is 499. The Morgan fingerprint density at radius 3 is 2.80 bits per heavy atom. The maximum Gasteiger partial charge on any atom is 0.320 e. The third kappa shape index (κ3) is 3.28. The highest BCUT2D eigenvalue weighted by Crippen LogP contribution is 2.06. The predicted octanol–water partition coefficient (Wildman–Crippen LogP) is 0.236. The molecular formula is C13H21N5O2. The van der Waals surface area contributed by atoms with Gasteiger partial charge in [-0.25, -0.2) is 4.79 Å². The number of likely N-dealkylation sites (N-methyl/N-ethyl adjacent to an activating group) is 1.